The number of nitrogens with zero attached hydrogens (tertiary/aromatic N) is 1. The van der Waals surface area contributed by atoms with Crippen molar-refractivity contribution in [1.29, 1.82) is 0 Å². The van der Waals surface area contributed by atoms with Gasteiger partial charge in [-0.05, 0) is 29.8 Å². The highest BCUT2D eigenvalue weighted by Gasteiger charge is 2.29. The highest BCUT2D eigenvalue weighted by molar-refractivity contribution is 7.89. The molecular formula is C18H19Cl2N3O5S. The summed E-state index contributed by atoms with van der Waals surface area (Å²) in [6.45, 7) is 1.65. The van der Waals surface area contributed by atoms with Gasteiger partial charge in [0.2, 0.25) is 0 Å². The Labute approximate surface area is 178 Å². The summed E-state index contributed by atoms with van der Waals surface area (Å²) in [5.41, 5.74) is 0.444. The average molecular weight is 460 g/mol. The van der Waals surface area contributed by atoms with Crippen LogP contribution in [-0.4, -0.2) is 50.7 Å². The van der Waals surface area contributed by atoms with Crippen LogP contribution < -0.4 is 10.0 Å². The van der Waals surface area contributed by atoms with E-state index in [1.165, 1.54) is 18.2 Å². The molecule has 0 saturated carbocycles. The van der Waals surface area contributed by atoms with Crippen molar-refractivity contribution in [1.82, 2.24) is 15.0 Å². The van der Waals surface area contributed by atoms with Gasteiger partial charge in [0.25, 0.3) is 10.0 Å². The second-order valence-corrected chi connectivity index (χ2v) is 8.98. The van der Waals surface area contributed by atoms with Gasteiger partial charge in [0.15, 0.2) is 5.03 Å². The molecule has 1 aliphatic heterocycles. The van der Waals surface area contributed by atoms with Crippen molar-refractivity contribution in [2.75, 3.05) is 26.2 Å². The molecule has 3 N–H and O–H groups in total. The van der Waals surface area contributed by atoms with E-state index in [2.05, 4.69) is 15.0 Å². The minimum atomic E-state index is -4.00. The molecule has 0 radical (unpaired) electrons. The SMILES string of the molecule is O=C(O)c1cccc(S(=O)(=O)NCC2CNCCOC2c2ccc(Cl)c(Cl)c2)n1. The maximum atomic E-state index is 12.6. The van der Waals surface area contributed by atoms with Crippen molar-refractivity contribution in [2.45, 2.75) is 11.1 Å². The van der Waals surface area contributed by atoms with Crippen LogP contribution in [0.15, 0.2) is 41.4 Å². The Balaban J connectivity index is 1.79. The summed E-state index contributed by atoms with van der Waals surface area (Å²) in [6, 6.07) is 8.98. The standard InChI is InChI=1S/C18H19Cl2N3O5S/c19-13-5-4-11(8-14(13)20)17-12(9-21-6-7-28-17)10-22-29(26,27)16-3-1-2-15(23-16)18(24)25/h1-5,8,12,17,21-22H,6-7,9-10H2,(H,24,25). The van der Waals surface area contributed by atoms with E-state index >= 15 is 0 Å². The normalized spacial score (nSPS) is 20.2. The molecule has 0 amide bonds. The minimum absolute atomic E-state index is 0.0548. The number of nitrogens with one attached hydrogen (secondary N) is 2. The fourth-order valence-electron chi connectivity index (χ4n) is 3.00. The molecule has 2 unspecified atom stereocenters. The molecule has 0 spiro atoms. The van der Waals surface area contributed by atoms with E-state index in [-0.39, 0.29) is 23.2 Å². The number of pyridine rings is 1. The summed E-state index contributed by atoms with van der Waals surface area (Å²) in [6.07, 6.45) is -0.402. The van der Waals surface area contributed by atoms with Crippen LogP contribution in [0.2, 0.25) is 10.0 Å². The number of rotatable bonds is 6. The van der Waals surface area contributed by atoms with Crippen LogP contribution in [0.3, 0.4) is 0 Å². The molecule has 2 atom stereocenters. The molecule has 1 aromatic heterocycles. The second-order valence-electron chi connectivity index (χ2n) is 6.45. The summed E-state index contributed by atoms with van der Waals surface area (Å²) in [5.74, 6) is -1.55. The number of carbonyl (C=O) groups is 1. The van der Waals surface area contributed by atoms with E-state index in [4.69, 9.17) is 33.0 Å². The average Bonchev–Trinajstić information content (AvgIpc) is 2.94. The van der Waals surface area contributed by atoms with Crippen molar-refractivity contribution < 1.29 is 23.1 Å². The molecule has 0 aliphatic carbocycles. The molecule has 1 aromatic carbocycles. The smallest absolute Gasteiger partial charge is 0.354 e. The molecule has 2 aromatic rings. The number of halogens is 2. The summed E-state index contributed by atoms with van der Waals surface area (Å²) in [7, 11) is -4.00. The fourth-order valence-corrected chi connectivity index (χ4v) is 4.36. The summed E-state index contributed by atoms with van der Waals surface area (Å²) in [5, 5.41) is 12.7. The zero-order valence-electron chi connectivity index (χ0n) is 15.1. The van der Waals surface area contributed by atoms with Crippen molar-refractivity contribution in [2.24, 2.45) is 5.92 Å². The number of sulfonamides is 1. The molecule has 1 saturated heterocycles. The Bertz CT molecular complexity index is 1000. The number of aromatic nitrogens is 1. The first-order chi connectivity index (χ1) is 13.8. The molecule has 156 valence electrons. The molecule has 1 aliphatic rings. The highest BCUT2D eigenvalue weighted by atomic mass is 35.5. The third-order valence-corrected chi connectivity index (χ3v) is 6.50. The van der Waals surface area contributed by atoms with E-state index in [0.717, 1.165) is 5.56 Å². The zero-order chi connectivity index (χ0) is 21.0. The van der Waals surface area contributed by atoms with Crippen LogP contribution in [0.25, 0.3) is 0 Å². The summed E-state index contributed by atoms with van der Waals surface area (Å²) < 4.78 is 33.7. The van der Waals surface area contributed by atoms with Crippen molar-refractivity contribution in [3.8, 4) is 0 Å². The first-order valence-corrected chi connectivity index (χ1v) is 11.0. The molecular weight excluding hydrogens is 441 g/mol. The van der Waals surface area contributed by atoms with Gasteiger partial charge in [-0.2, -0.15) is 0 Å². The molecule has 3 rings (SSSR count). The zero-order valence-corrected chi connectivity index (χ0v) is 17.5. The quantitative estimate of drug-likeness (QED) is 0.606. The number of benzene rings is 1. The molecule has 29 heavy (non-hydrogen) atoms. The lowest BCUT2D eigenvalue weighted by Crippen LogP contribution is -2.36. The lowest BCUT2D eigenvalue weighted by molar-refractivity contribution is 0.0322. The van der Waals surface area contributed by atoms with Crippen LogP contribution in [0.4, 0.5) is 0 Å². The number of aromatic carboxylic acids is 1. The van der Waals surface area contributed by atoms with Crippen molar-refractivity contribution in [3.63, 3.8) is 0 Å². The van der Waals surface area contributed by atoms with Gasteiger partial charge >= 0.3 is 5.97 Å². The molecule has 2 heterocycles. The van der Waals surface area contributed by atoms with Gasteiger partial charge in [0, 0.05) is 25.6 Å². The predicted molar refractivity (Wildman–Crippen MR) is 108 cm³/mol. The van der Waals surface area contributed by atoms with Crippen LogP contribution >= 0.6 is 23.2 Å². The topological polar surface area (TPSA) is 118 Å². The summed E-state index contributed by atoms with van der Waals surface area (Å²) >= 11 is 12.1. The molecule has 8 nitrogen and oxygen atoms in total. The van der Waals surface area contributed by atoms with Crippen LogP contribution in [0.5, 0.6) is 0 Å². The van der Waals surface area contributed by atoms with E-state index in [1.807, 2.05) is 0 Å². The van der Waals surface area contributed by atoms with E-state index in [9.17, 15) is 13.2 Å². The molecule has 1 fully saturated rings. The lowest BCUT2D eigenvalue weighted by Gasteiger charge is -2.25. The van der Waals surface area contributed by atoms with Gasteiger partial charge < -0.3 is 15.2 Å². The van der Waals surface area contributed by atoms with E-state index in [0.29, 0.717) is 29.7 Å². The van der Waals surface area contributed by atoms with Gasteiger partial charge in [-0.15, -0.1) is 0 Å². The number of carboxylic acids is 1. The number of carboxylic acid groups (broad SMARTS) is 1. The maximum Gasteiger partial charge on any atom is 0.354 e. The number of ether oxygens (including phenoxy) is 1. The van der Waals surface area contributed by atoms with E-state index < -0.39 is 22.1 Å². The van der Waals surface area contributed by atoms with E-state index in [1.54, 1.807) is 18.2 Å². The highest BCUT2D eigenvalue weighted by Crippen LogP contribution is 2.32. The minimum Gasteiger partial charge on any atom is -0.477 e. The largest absolute Gasteiger partial charge is 0.477 e. The summed E-state index contributed by atoms with van der Waals surface area (Å²) in [4.78, 5) is 14.7. The third kappa shape index (κ3) is 5.44. The van der Waals surface area contributed by atoms with Gasteiger partial charge in [-0.25, -0.2) is 22.9 Å². The van der Waals surface area contributed by atoms with Gasteiger partial charge in [-0.1, -0.05) is 35.3 Å². The Morgan fingerprint density at radius 2 is 2.07 bits per heavy atom. The maximum absolute atomic E-state index is 12.6. The monoisotopic (exact) mass is 459 g/mol. The van der Waals surface area contributed by atoms with Crippen LogP contribution in [-0.2, 0) is 14.8 Å². The first-order valence-electron chi connectivity index (χ1n) is 8.75. The first kappa shape index (κ1) is 21.9. The molecule has 0 bridgehead atoms. The Morgan fingerprint density at radius 1 is 1.28 bits per heavy atom. The fraction of sp³-hybridized carbons (Fsp3) is 0.333. The van der Waals surface area contributed by atoms with Gasteiger partial charge in [-0.3, -0.25) is 0 Å². The van der Waals surface area contributed by atoms with Gasteiger partial charge in [0.1, 0.15) is 5.69 Å². The third-order valence-electron chi connectivity index (χ3n) is 4.44. The van der Waals surface area contributed by atoms with Gasteiger partial charge in [0.05, 0.1) is 22.8 Å². The Morgan fingerprint density at radius 3 is 2.79 bits per heavy atom. The molecule has 11 heteroatoms. The number of hydrogen-bond donors (Lipinski definition) is 3. The Kier molecular flexibility index (Phi) is 7.10. The second kappa shape index (κ2) is 9.38. The van der Waals surface area contributed by atoms with Crippen molar-refractivity contribution >= 4 is 39.2 Å². The van der Waals surface area contributed by atoms with Crippen LogP contribution in [0.1, 0.15) is 22.2 Å². The van der Waals surface area contributed by atoms with Crippen molar-refractivity contribution in [3.05, 3.63) is 57.7 Å². The number of hydrogen-bond acceptors (Lipinski definition) is 6. The Hall–Kier alpha value is -1.75. The van der Waals surface area contributed by atoms with Crippen LogP contribution in [0, 0.1) is 5.92 Å². The predicted octanol–water partition coefficient (Wildman–Crippen LogP) is 2.34. The lowest BCUT2D eigenvalue weighted by atomic mass is 9.95.